The Hall–Kier alpha value is -2.73. The van der Waals surface area contributed by atoms with Gasteiger partial charge in [-0.15, -0.1) is 11.3 Å². The zero-order chi connectivity index (χ0) is 17.8. The minimum absolute atomic E-state index is 0.116. The molecule has 6 heteroatoms. The van der Waals surface area contributed by atoms with Crippen LogP contribution in [-0.4, -0.2) is 40.5 Å². The average Bonchev–Trinajstić information content (AvgIpc) is 2.78. The van der Waals surface area contributed by atoms with E-state index in [-0.39, 0.29) is 18.9 Å². The zero-order valence-corrected chi connectivity index (χ0v) is 14.6. The van der Waals surface area contributed by atoms with Crippen molar-refractivity contribution in [1.82, 2.24) is 9.88 Å². The van der Waals surface area contributed by atoms with Crippen LogP contribution in [0, 0.1) is 0 Å². The highest BCUT2D eigenvalue weighted by Gasteiger charge is 2.15. The summed E-state index contributed by atoms with van der Waals surface area (Å²) >= 11 is 1.47. The number of nitrogens with zero attached hydrogens (tertiary/aromatic N) is 2. The molecule has 1 aromatic carbocycles. The van der Waals surface area contributed by atoms with E-state index < -0.39 is 5.97 Å². The van der Waals surface area contributed by atoms with Crippen molar-refractivity contribution >= 4 is 39.0 Å². The number of hydrogen-bond donors (Lipinski definition) is 1. The Bertz CT molecular complexity index is 909. The number of benzene rings is 1. The van der Waals surface area contributed by atoms with E-state index in [1.807, 2.05) is 24.3 Å². The average molecular weight is 354 g/mol. The molecule has 3 rings (SSSR count). The van der Waals surface area contributed by atoms with Crippen molar-refractivity contribution in [3.05, 3.63) is 59.2 Å². The van der Waals surface area contributed by atoms with Gasteiger partial charge in [0.15, 0.2) is 0 Å². The van der Waals surface area contributed by atoms with Crippen molar-refractivity contribution in [2.45, 2.75) is 12.8 Å². The van der Waals surface area contributed by atoms with Crippen molar-refractivity contribution in [3.8, 4) is 0 Å². The predicted molar refractivity (Wildman–Crippen MR) is 99.5 cm³/mol. The summed E-state index contributed by atoms with van der Waals surface area (Å²) < 4.78 is 1.02. The Morgan fingerprint density at radius 1 is 1.32 bits per heavy atom. The molecule has 5 nitrogen and oxygen atoms in total. The van der Waals surface area contributed by atoms with Gasteiger partial charge in [0.2, 0.25) is 5.91 Å². The number of carbonyl (C=O) groups is 2. The van der Waals surface area contributed by atoms with Gasteiger partial charge in [0.25, 0.3) is 0 Å². The highest BCUT2D eigenvalue weighted by molar-refractivity contribution is 7.18. The quantitative estimate of drug-likeness (QED) is 0.894. The second kappa shape index (κ2) is 7.44. The molecule has 0 saturated carbocycles. The minimum Gasteiger partial charge on any atom is -0.480 e. The van der Waals surface area contributed by atoms with E-state index in [0.717, 1.165) is 27.8 Å². The maximum atomic E-state index is 12.1. The first-order valence-corrected chi connectivity index (χ1v) is 8.73. The number of amides is 1. The monoisotopic (exact) mass is 354 g/mol. The van der Waals surface area contributed by atoms with Crippen LogP contribution in [0.1, 0.15) is 17.0 Å². The minimum atomic E-state index is -1.02. The summed E-state index contributed by atoms with van der Waals surface area (Å²) in [5.41, 5.74) is 3.11. The largest absolute Gasteiger partial charge is 0.480 e. The van der Waals surface area contributed by atoms with Crippen molar-refractivity contribution in [3.63, 3.8) is 0 Å². The first kappa shape index (κ1) is 17.1. The number of aliphatic carboxylic acids is 1. The molecule has 0 radical (unpaired) electrons. The summed E-state index contributed by atoms with van der Waals surface area (Å²) in [7, 11) is 1.49. The lowest BCUT2D eigenvalue weighted by molar-refractivity contribution is -0.143. The molecule has 1 aliphatic rings. The maximum absolute atomic E-state index is 12.1. The molecule has 0 unspecified atom stereocenters. The Kier molecular flexibility index (Phi) is 5.09. The molecular formula is C19H18N2O3S. The Labute approximate surface area is 149 Å². The number of hydrogen-bond acceptors (Lipinski definition) is 4. The SMILES string of the molecule is CN(CC(=O)O)C(=O)Cc1nc2cc(C3=CCC=CC=C3)ccc2s1. The zero-order valence-electron chi connectivity index (χ0n) is 13.8. The van der Waals surface area contributed by atoms with Crippen molar-refractivity contribution in [2.24, 2.45) is 0 Å². The van der Waals surface area contributed by atoms with Crippen LogP contribution >= 0.6 is 11.3 Å². The van der Waals surface area contributed by atoms with Gasteiger partial charge in [-0.2, -0.15) is 0 Å². The fraction of sp³-hybridized carbons (Fsp3) is 0.211. The first-order valence-electron chi connectivity index (χ1n) is 7.92. The second-order valence-corrected chi connectivity index (χ2v) is 6.91. The van der Waals surface area contributed by atoms with Gasteiger partial charge in [0.1, 0.15) is 11.6 Å². The lowest BCUT2D eigenvalue weighted by atomic mass is 10.0. The summed E-state index contributed by atoms with van der Waals surface area (Å²) in [6.07, 6.45) is 11.4. The van der Waals surface area contributed by atoms with Crippen LogP contribution in [0.4, 0.5) is 0 Å². The molecule has 0 aliphatic heterocycles. The molecule has 0 bridgehead atoms. The lowest BCUT2D eigenvalue weighted by Crippen LogP contribution is -2.33. The number of rotatable bonds is 5. The van der Waals surface area contributed by atoms with E-state index in [2.05, 4.69) is 29.3 Å². The van der Waals surface area contributed by atoms with Gasteiger partial charge in [-0.1, -0.05) is 36.4 Å². The fourth-order valence-electron chi connectivity index (χ4n) is 2.58. The molecule has 1 amide bonds. The second-order valence-electron chi connectivity index (χ2n) is 5.79. The number of carbonyl (C=O) groups excluding carboxylic acids is 1. The molecule has 0 fully saturated rings. The lowest BCUT2D eigenvalue weighted by Gasteiger charge is -2.13. The van der Waals surface area contributed by atoms with Crippen LogP contribution in [0.25, 0.3) is 15.8 Å². The van der Waals surface area contributed by atoms with Gasteiger partial charge in [-0.3, -0.25) is 9.59 Å². The Morgan fingerprint density at radius 2 is 2.16 bits per heavy atom. The normalized spacial score (nSPS) is 13.6. The molecule has 0 atom stereocenters. The number of allylic oxidation sites excluding steroid dienone is 6. The van der Waals surface area contributed by atoms with Gasteiger partial charge in [-0.25, -0.2) is 4.98 Å². The summed E-state index contributed by atoms with van der Waals surface area (Å²) in [6, 6.07) is 6.11. The molecular weight excluding hydrogens is 336 g/mol. The molecule has 1 aromatic heterocycles. The molecule has 1 N–H and O–H groups in total. The number of carboxylic acid groups (broad SMARTS) is 1. The van der Waals surface area contributed by atoms with Crippen LogP contribution in [0.3, 0.4) is 0 Å². The van der Waals surface area contributed by atoms with E-state index in [1.54, 1.807) is 0 Å². The fourth-order valence-corrected chi connectivity index (χ4v) is 3.52. The van der Waals surface area contributed by atoms with E-state index >= 15 is 0 Å². The van der Waals surface area contributed by atoms with E-state index in [0.29, 0.717) is 5.01 Å². The van der Waals surface area contributed by atoms with Gasteiger partial charge in [-0.05, 0) is 29.7 Å². The number of carboxylic acids is 1. The number of thiazole rings is 1. The van der Waals surface area contributed by atoms with Gasteiger partial charge < -0.3 is 10.0 Å². The van der Waals surface area contributed by atoms with Gasteiger partial charge in [0.05, 0.1) is 16.6 Å². The Morgan fingerprint density at radius 3 is 2.96 bits per heavy atom. The van der Waals surface area contributed by atoms with Crippen molar-refractivity contribution in [1.29, 1.82) is 0 Å². The molecule has 128 valence electrons. The Balaban J connectivity index is 1.80. The molecule has 1 heterocycles. The third-order valence-electron chi connectivity index (χ3n) is 3.86. The summed E-state index contributed by atoms with van der Waals surface area (Å²) in [5, 5.41) is 9.46. The number of likely N-dealkylation sites (N-methyl/N-ethyl adjacent to an activating group) is 1. The molecule has 25 heavy (non-hydrogen) atoms. The third-order valence-corrected chi connectivity index (χ3v) is 4.90. The topological polar surface area (TPSA) is 70.5 Å². The summed E-state index contributed by atoms with van der Waals surface area (Å²) in [4.78, 5) is 28.5. The van der Waals surface area contributed by atoms with E-state index in [1.165, 1.54) is 23.3 Å². The third kappa shape index (κ3) is 4.22. The predicted octanol–water partition coefficient (Wildman–Crippen LogP) is 3.28. The van der Waals surface area contributed by atoms with Gasteiger partial charge >= 0.3 is 5.97 Å². The van der Waals surface area contributed by atoms with E-state index in [9.17, 15) is 9.59 Å². The molecule has 2 aromatic rings. The smallest absolute Gasteiger partial charge is 0.323 e. The summed E-state index contributed by atoms with van der Waals surface area (Å²) in [5.74, 6) is -1.27. The first-order chi connectivity index (χ1) is 12.0. The maximum Gasteiger partial charge on any atom is 0.323 e. The number of fused-ring (bicyclic) bond motifs is 1. The molecule has 1 aliphatic carbocycles. The van der Waals surface area contributed by atoms with Crippen LogP contribution in [0.2, 0.25) is 0 Å². The van der Waals surface area contributed by atoms with Gasteiger partial charge in [0, 0.05) is 7.05 Å². The summed E-state index contributed by atoms with van der Waals surface area (Å²) in [6.45, 7) is -0.303. The molecule has 0 saturated heterocycles. The standard InChI is InChI=1S/C19H18N2O3S/c1-21(12-19(23)24)18(22)11-17-20-15-10-14(8-9-16(15)25-17)13-6-4-2-3-5-7-13/h2-4,6-10H,5,11-12H2,1H3,(H,23,24). The van der Waals surface area contributed by atoms with Crippen molar-refractivity contribution < 1.29 is 14.7 Å². The van der Waals surface area contributed by atoms with Crippen LogP contribution in [0.15, 0.2) is 48.6 Å². The van der Waals surface area contributed by atoms with E-state index in [4.69, 9.17) is 5.11 Å². The highest BCUT2D eigenvalue weighted by atomic mass is 32.1. The van der Waals surface area contributed by atoms with Crippen LogP contribution in [-0.2, 0) is 16.0 Å². The highest BCUT2D eigenvalue weighted by Crippen LogP contribution is 2.27. The number of aromatic nitrogens is 1. The van der Waals surface area contributed by atoms with Crippen LogP contribution in [0.5, 0.6) is 0 Å². The molecule has 0 spiro atoms. The van der Waals surface area contributed by atoms with Crippen molar-refractivity contribution in [2.75, 3.05) is 13.6 Å². The van der Waals surface area contributed by atoms with Crippen LogP contribution < -0.4 is 0 Å².